The van der Waals surface area contributed by atoms with Crippen LogP contribution in [0.1, 0.15) is 15.9 Å². The van der Waals surface area contributed by atoms with Crippen LogP contribution in [0.15, 0.2) is 71.6 Å². The quantitative estimate of drug-likeness (QED) is 0.588. The molecule has 7 nitrogen and oxygen atoms in total. The minimum atomic E-state index is -4.01. The highest BCUT2D eigenvalue weighted by Gasteiger charge is 2.42. The van der Waals surface area contributed by atoms with Gasteiger partial charge in [-0.2, -0.15) is 0 Å². The van der Waals surface area contributed by atoms with E-state index in [4.69, 9.17) is 11.6 Å². The van der Waals surface area contributed by atoms with Crippen LogP contribution in [0, 0.1) is 0 Å². The lowest BCUT2D eigenvalue weighted by Gasteiger charge is -2.18. The molecule has 0 radical (unpaired) electrons. The molecule has 3 amide bonds. The zero-order valence-corrected chi connectivity index (χ0v) is 19.0. The van der Waals surface area contributed by atoms with Crippen LogP contribution in [0.2, 0.25) is 5.02 Å². The van der Waals surface area contributed by atoms with Crippen molar-refractivity contribution in [2.75, 3.05) is 18.4 Å². The number of carbonyl (C=O) groups excluding carboxylic acids is 2. The number of anilines is 1. The van der Waals surface area contributed by atoms with Gasteiger partial charge in [0.25, 0.3) is 5.91 Å². The van der Waals surface area contributed by atoms with Gasteiger partial charge in [-0.1, -0.05) is 48.0 Å². The van der Waals surface area contributed by atoms with Crippen molar-refractivity contribution < 1.29 is 18.0 Å². The molecule has 1 unspecified atom stereocenters. The van der Waals surface area contributed by atoms with E-state index in [0.29, 0.717) is 17.0 Å². The van der Waals surface area contributed by atoms with Crippen LogP contribution in [0.5, 0.6) is 0 Å². The van der Waals surface area contributed by atoms with Crippen molar-refractivity contribution in [2.24, 2.45) is 0 Å². The van der Waals surface area contributed by atoms with Gasteiger partial charge in [0, 0.05) is 28.4 Å². The van der Waals surface area contributed by atoms with E-state index in [-0.39, 0.29) is 17.0 Å². The Kier molecular flexibility index (Phi) is 5.34. The Morgan fingerprint density at radius 1 is 1.03 bits per heavy atom. The molecule has 0 aromatic heterocycles. The summed E-state index contributed by atoms with van der Waals surface area (Å²) in [5, 5.41) is 4.86. The molecule has 2 aliphatic heterocycles. The van der Waals surface area contributed by atoms with E-state index in [1.165, 1.54) is 12.1 Å². The SMILES string of the molecule is O=C1NC(S(=O)(=O)c2ccc3c(c2-c2ccccc2)CCN3)CN1C(=O)c1cccc(Cl)c1. The van der Waals surface area contributed by atoms with Crippen LogP contribution in [-0.4, -0.2) is 43.7 Å². The minimum absolute atomic E-state index is 0.138. The summed E-state index contributed by atoms with van der Waals surface area (Å²) in [5.41, 5.74) is 3.46. The molecule has 1 atom stereocenters. The number of urea groups is 1. The van der Waals surface area contributed by atoms with Crippen LogP contribution < -0.4 is 10.6 Å². The molecule has 2 N–H and O–H groups in total. The second-order valence-electron chi connectivity index (χ2n) is 7.92. The Hall–Kier alpha value is -3.36. The molecule has 9 heteroatoms. The molecule has 5 rings (SSSR count). The Labute approximate surface area is 196 Å². The van der Waals surface area contributed by atoms with Gasteiger partial charge in [-0.3, -0.25) is 9.69 Å². The van der Waals surface area contributed by atoms with Crippen molar-refractivity contribution in [1.29, 1.82) is 0 Å². The number of sulfone groups is 1. The minimum Gasteiger partial charge on any atom is -0.384 e. The van der Waals surface area contributed by atoms with Crippen LogP contribution in [-0.2, 0) is 16.3 Å². The van der Waals surface area contributed by atoms with Gasteiger partial charge in [-0.25, -0.2) is 13.2 Å². The second kappa shape index (κ2) is 8.20. The standard InChI is InChI=1S/C24H20ClN3O4S/c25-17-8-4-7-16(13-17)23(29)28-14-21(27-24(28)30)33(31,32)20-10-9-19-18(11-12-26-19)22(20)15-5-2-1-3-6-15/h1-10,13,21,26H,11-12,14H2,(H,27,30). The van der Waals surface area contributed by atoms with Crippen molar-refractivity contribution in [3.63, 3.8) is 0 Å². The number of amides is 3. The molecular formula is C24H20ClN3O4S. The van der Waals surface area contributed by atoms with Gasteiger partial charge in [0.2, 0.25) is 9.84 Å². The molecule has 3 aromatic rings. The molecule has 0 aliphatic carbocycles. The summed E-state index contributed by atoms with van der Waals surface area (Å²) in [4.78, 5) is 26.5. The van der Waals surface area contributed by atoms with Gasteiger partial charge >= 0.3 is 6.03 Å². The third kappa shape index (κ3) is 3.75. The summed E-state index contributed by atoms with van der Waals surface area (Å²) in [5.74, 6) is -0.603. The molecule has 0 spiro atoms. The largest absolute Gasteiger partial charge is 0.384 e. The summed E-state index contributed by atoms with van der Waals surface area (Å²) in [6, 6.07) is 18.1. The fourth-order valence-electron chi connectivity index (χ4n) is 4.32. The first-order chi connectivity index (χ1) is 15.9. The fourth-order valence-corrected chi connectivity index (χ4v) is 6.21. The summed E-state index contributed by atoms with van der Waals surface area (Å²) in [6.45, 7) is 0.427. The third-order valence-corrected chi connectivity index (χ3v) is 8.11. The average molecular weight is 482 g/mol. The summed E-state index contributed by atoms with van der Waals surface area (Å²) < 4.78 is 27.5. The van der Waals surface area contributed by atoms with E-state index < -0.39 is 27.1 Å². The van der Waals surface area contributed by atoms with Crippen LogP contribution >= 0.6 is 11.6 Å². The maximum absolute atomic E-state index is 13.7. The number of nitrogens with one attached hydrogen (secondary N) is 2. The van der Waals surface area contributed by atoms with Crippen molar-refractivity contribution >= 4 is 39.1 Å². The smallest absolute Gasteiger partial charge is 0.325 e. The van der Waals surface area contributed by atoms with E-state index in [2.05, 4.69) is 10.6 Å². The molecule has 33 heavy (non-hydrogen) atoms. The predicted molar refractivity (Wildman–Crippen MR) is 126 cm³/mol. The van der Waals surface area contributed by atoms with E-state index >= 15 is 0 Å². The number of halogens is 1. The van der Waals surface area contributed by atoms with Gasteiger partial charge < -0.3 is 10.6 Å². The number of nitrogens with zero attached hydrogens (tertiary/aromatic N) is 1. The summed E-state index contributed by atoms with van der Waals surface area (Å²) in [6.07, 6.45) is 0.694. The zero-order valence-electron chi connectivity index (χ0n) is 17.4. The number of imide groups is 1. The number of hydrogen-bond donors (Lipinski definition) is 2. The van der Waals surface area contributed by atoms with Gasteiger partial charge in [-0.05, 0) is 47.9 Å². The fraction of sp³-hybridized carbons (Fsp3) is 0.167. The van der Waals surface area contributed by atoms with E-state index in [0.717, 1.165) is 28.3 Å². The normalized spacial score (nSPS) is 17.4. The number of benzene rings is 3. The van der Waals surface area contributed by atoms with Gasteiger partial charge in [-0.15, -0.1) is 0 Å². The molecular weight excluding hydrogens is 462 g/mol. The molecule has 0 saturated carbocycles. The molecule has 2 heterocycles. The Morgan fingerprint density at radius 3 is 2.58 bits per heavy atom. The van der Waals surface area contributed by atoms with E-state index in [1.54, 1.807) is 24.3 Å². The predicted octanol–water partition coefficient (Wildman–Crippen LogP) is 3.94. The van der Waals surface area contributed by atoms with E-state index in [1.807, 2.05) is 30.3 Å². The number of carbonyl (C=O) groups is 2. The molecule has 2 aliphatic rings. The van der Waals surface area contributed by atoms with Crippen molar-refractivity contribution in [1.82, 2.24) is 10.2 Å². The molecule has 0 bridgehead atoms. The van der Waals surface area contributed by atoms with Crippen molar-refractivity contribution in [3.8, 4) is 11.1 Å². The molecule has 1 saturated heterocycles. The van der Waals surface area contributed by atoms with Crippen LogP contribution in [0.4, 0.5) is 10.5 Å². The Bertz CT molecular complexity index is 1380. The number of hydrogen-bond acceptors (Lipinski definition) is 5. The third-order valence-electron chi connectivity index (χ3n) is 5.90. The number of fused-ring (bicyclic) bond motifs is 1. The average Bonchev–Trinajstić information content (AvgIpc) is 3.45. The van der Waals surface area contributed by atoms with Gasteiger partial charge in [0.1, 0.15) is 0 Å². The van der Waals surface area contributed by atoms with Crippen LogP contribution in [0.3, 0.4) is 0 Å². The first-order valence-electron chi connectivity index (χ1n) is 10.4. The van der Waals surface area contributed by atoms with Gasteiger partial charge in [0.05, 0.1) is 11.4 Å². The highest BCUT2D eigenvalue weighted by Crippen LogP contribution is 2.39. The second-order valence-corrected chi connectivity index (χ2v) is 10.5. The monoisotopic (exact) mass is 481 g/mol. The van der Waals surface area contributed by atoms with Crippen molar-refractivity contribution in [3.05, 3.63) is 82.9 Å². The highest BCUT2D eigenvalue weighted by molar-refractivity contribution is 7.92. The zero-order chi connectivity index (χ0) is 23.2. The first-order valence-corrected chi connectivity index (χ1v) is 12.4. The Morgan fingerprint density at radius 2 is 1.82 bits per heavy atom. The first kappa shape index (κ1) is 21.5. The van der Waals surface area contributed by atoms with Crippen LogP contribution in [0.25, 0.3) is 11.1 Å². The lowest BCUT2D eigenvalue weighted by atomic mass is 9.98. The molecule has 1 fully saturated rings. The maximum atomic E-state index is 13.7. The number of rotatable bonds is 4. The van der Waals surface area contributed by atoms with Gasteiger partial charge in [0.15, 0.2) is 5.37 Å². The summed E-state index contributed by atoms with van der Waals surface area (Å²) in [7, 11) is -4.01. The lowest BCUT2D eigenvalue weighted by molar-refractivity contribution is 0.0828. The Balaban J connectivity index is 1.53. The summed E-state index contributed by atoms with van der Waals surface area (Å²) >= 11 is 5.96. The lowest BCUT2D eigenvalue weighted by Crippen LogP contribution is -2.35. The maximum Gasteiger partial charge on any atom is 0.325 e. The highest BCUT2D eigenvalue weighted by atomic mass is 35.5. The topological polar surface area (TPSA) is 95.6 Å². The molecule has 168 valence electrons. The van der Waals surface area contributed by atoms with Crippen molar-refractivity contribution in [2.45, 2.75) is 16.7 Å². The molecule has 3 aromatic carbocycles. The van der Waals surface area contributed by atoms with E-state index in [9.17, 15) is 18.0 Å².